The topological polar surface area (TPSA) is 3.24 Å². The Kier molecular flexibility index (Phi) is 3.09. The lowest BCUT2D eigenvalue weighted by Crippen LogP contribution is -2.10. The van der Waals surface area contributed by atoms with Gasteiger partial charge in [-0.25, -0.2) is 12.1 Å². The van der Waals surface area contributed by atoms with Crippen molar-refractivity contribution in [1.82, 2.24) is 4.90 Å². The van der Waals surface area contributed by atoms with Crippen molar-refractivity contribution in [3.63, 3.8) is 0 Å². The van der Waals surface area contributed by atoms with Gasteiger partial charge in [-0.05, 0) is 26.9 Å². The number of thioether (sulfide) groups is 1. The van der Waals surface area contributed by atoms with Crippen LogP contribution in [-0.2, 0) is 6.54 Å². The predicted molar refractivity (Wildman–Crippen MR) is 51.2 cm³/mol. The van der Waals surface area contributed by atoms with E-state index in [4.69, 9.17) is 0 Å². The van der Waals surface area contributed by atoms with Crippen molar-refractivity contribution in [2.75, 3.05) is 20.4 Å². The van der Waals surface area contributed by atoms with Gasteiger partial charge in [0.1, 0.15) is 0 Å². The first-order valence-electron chi connectivity index (χ1n) is 3.67. The van der Waals surface area contributed by atoms with Gasteiger partial charge in [-0.2, -0.15) is 17.8 Å². The number of rotatable bonds is 3. The van der Waals surface area contributed by atoms with E-state index in [0.717, 1.165) is 6.54 Å². The lowest BCUT2D eigenvalue weighted by Gasteiger charge is -2.14. The second-order valence-corrected chi connectivity index (χ2v) is 3.71. The average Bonchev–Trinajstić information content (AvgIpc) is 2.34. The Bertz CT molecular complexity index is 215. The fourth-order valence-electron chi connectivity index (χ4n) is 1.11. The van der Waals surface area contributed by atoms with Gasteiger partial charge in [-0.1, -0.05) is 0 Å². The molecular formula is C9H14NS-. The van der Waals surface area contributed by atoms with Crippen LogP contribution in [0.4, 0.5) is 0 Å². The summed E-state index contributed by atoms with van der Waals surface area (Å²) in [6.07, 6.45) is 2.12. The first-order valence-corrected chi connectivity index (χ1v) is 4.90. The summed E-state index contributed by atoms with van der Waals surface area (Å²) in [7, 11) is 4.19. The molecule has 2 heteroatoms. The van der Waals surface area contributed by atoms with Crippen molar-refractivity contribution in [3.05, 3.63) is 23.8 Å². The third-order valence-electron chi connectivity index (χ3n) is 1.57. The lowest BCUT2D eigenvalue weighted by molar-refractivity contribution is 0.400. The minimum absolute atomic E-state index is 1.04. The first kappa shape index (κ1) is 8.75. The molecule has 0 saturated heterocycles. The van der Waals surface area contributed by atoms with E-state index in [0.29, 0.717) is 0 Å². The highest BCUT2D eigenvalue weighted by molar-refractivity contribution is 7.98. The summed E-state index contributed by atoms with van der Waals surface area (Å²) >= 11 is 1.82. The second-order valence-electron chi connectivity index (χ2n) is 2.86. The van der Waals surface area contributed by atoms with E-state index < -0.39 is 0 Å². The van der Waals surface area contributed by atoms with Crippen LogP contribution in [0, 0.1) is 0 Å². The summed E-state index contributed by atoms with van der Waals surface area (Å²) in [6.45, 7) is 1.04. The lowest BCUT2D eigenvalue weighted by atomic mass is 10.3. The van der Waals surface area contributed by atoms with Crippen molar-refractivity contribution >= 4 is 11.8 Å². The molecule has 1 nitrogen and oxygen atoms in total. The standard InChI is InChI=1S/C9H14NS/c1-10(2)7-8-5-4-6-9(8)11-3/h4-6H,7H2,1-3H3/q-1. The van der Waals surface area contributed by atoms with Crippen LogP contribution in [0.3, 0.4) is 0 Å². The van der Waals surface area contributed by atoms with E-state index in [-0.39, 0.29) is 0 Å². The molecule has 11 heavy (non-hydrogen) atoms. The van der Waals surface area contributed by atoms with Crippen molar-refractivity contribution in [2.45, 2.75) is 11.4 Å². The van der Waals surface area contributed by atoms with Crippen molar-refractivity contribution in [3.8, 4) is 0 Å². The molecule has 1 aromatic carbocycles. The van der Waals surface area contributed by atoms with Crippen LogP contribution in [0.25, 0.3) is 0 Å². The maximum absolute atomic E-state index is 2.19. The Labute approximate surface area is 72.8 Å². The van der Waals surface area contributed by atoms with Gasteiger partial charge in [0.05, 0.1) is 0 Å². The summed E-state index contributed by atoms with van der Waals surface area (Å²) in [6, 6.07) is 6.47. The third-order valence-corrected chi connectivity index (χ3v) is 2.41. The Hall–Kier alpha value is -0.340. The quantitative estimate of drug-likeness (QED) is 0.503. The zero-order chi connectivity index (χ0) is 8.27. The SMILES string of the molecule is CSc1ccc[c-]1CN(C)C. The Morgan fingerprint density at radius 1 is 1.55 bits per heavy atom. The van der Waals surface area contributed by atoms with Crippen LogP contribution in [0.15, 0.2) is 23.1 Å². The normalized spacial score (nSPS) is 10.9. The maximum atomic E-state index is 2.19. The molecule has 0 amide bonds. The van der Waals surface area contributed by atoms with Gasteiger partial charge >= 0.3 is 0 Å². The van der Waals surface area contributed by atoms with Gasteiger partial charge in [0.2, 0.25) is 0 Å². The monoisotopic (exact) mass is 168 g/mol. The number of hydrogen-bond donors (Lipinski definition) is 0. The molecule has 0 aliphatic rings. The molecule has 0 unspecified atom stereocenters. The van der Waals surface area contributed by atoms with E-state index in [9.17, 15) is 0 Å². The van der Waals surface area contributed by atoms with Crippen LogP contribution in [0.1, 0.15) is 5.56 Å². The summed E-state index contributed by atoms with van der Waals surface area (Å²) in [4.78, 5) is 3.59. The molecule has 0 saturated carbocycles. The van der Waals surface area contributed by atoms with Gasteiger partial charge in [0.15, 0.2) is 0 Å². The molecule has 0 spiro atoms. The first-order chi connectivity index (χ1) is 5.24. The molecule has 0 fully saturated rings. The Morgan fingerprint density at radius 2 is 2.27 bits per heavy atom. The molecule has 0 aliphatic carbocycles. The maximum Gasteiger partial charge on any atom is -0.0145 e. The fourth-order valence-corrected chi connectivity index (χ4v) is 1.72. The van der Waals surface area contributed by atoms with Crippen LogP contribution >= 0.6 is 11.8 Å². The largest absolute Gasteiger partial charge is 0.316 e. The van der Waals surface area contributed by atoms with E-state index in [1.54, 1.807) is 0 Å². The van der Waals surface area contributed by atoms with Crippen molar-refractivity contribution in [2.24, 2.45) is 0 Å². The zero-order valence-electron chi connectivity index (χ0n) is 7.29. The minimum atomic E-state index is 1.04. The van der Waals surface area contributed by atoms with Gasteiger partial charge in [0.25, 0.3) is 0 Å². The predicted octanol–water partition coefficient (Wildman–Crippen LogP) is 2.19. The van der Waals surface area contributed by atoms with Gasteiger partial charge in [0, 0.05) is 0 Å². The van der Waals surface area contributed by atoms with Crippen LogP contribution in [-0.4, -0.2) is 25.3 Å². The Morgan fingerprint density at radius 3 is 2.82 bits per heavy atom. The molecule has 0 atom stereocenters. The summed E-state index contributed by atoms with van der Waals surface area (Å²) in [5.74, 6) is 0. The van der Waals surface area contributed by atoms with E-state index in [1.807, 2.05) is 11.8 Å². The molecule has 0 heterocycles. The van der Waals surface area contributed by atoms with E-state index in [1.165, 1.54) is 10.5 Å². The van der Waals surface area contributed by atoms with Gasteiger partial charge in [-0.3, -0.25) is 0 Å². The highest BCUT2D eigenvalue weighted by atomic mass is 32.2. The fraction of sp³-hybridized carbons (Fsp3) is 0.444. The van der Waals surface area contributed by atoms with Crippen LogP contribution in [0.2, 0.25) is 0 Å². The molecule has 0 aliphatic heterocycles. The summed E-state index contributed by atoms with van der Waals surface area (Å²) < 4.78 is 0. The van der Waals surface area contributed by atoms with Gasteiger partial charge in [-0.15, -0.1) is 10.5 Å². The molecule has 0 bridgehead atoms. The molecule has 0 N–H and O–H groups in total. The molecule has 1 aromatic rings. The molecule has 1 rings (SSSR count). The Balaban J connectivity index is 2.68. The van der Waals surface area contributed by atoms with E-state index in [2.05, 4.69) is 43.5 Å². The summed E-state index contributed by atoms with van der Waals surface area (Å²) in [5.41, 5.74) is 1.43. The third kappa shape index (κ3) is 2.31. The van der Waals surface area contributed by atoms with Crippen molar-refractivity contribution < 1.29 is 0 Å². The number of hydrogen-bond acceptors (Lipinski definition) is 2. The van der Waals surface area contributed by atoms with Crippen molar-refractivity contribution in [1.29, 1.82) is 0 Å². The average molecular weight is 168 g/mol. The molecular weight excluding hydrogens is 154 g/mol. The highest BCUT2D eigenvalue weighted by Gasteiger charge is 1.93. The highest BCUT2D eigenvalue weighted by Crippen LogP contribution is 2.21. The summed E-state index contributed by atoms with van der Waals surface area (Å²) in [5, 5.41) is 0. The van der Waals surface area contributed by atoms with Gasteiger partial charge < -0.3 is 4.90 Å². The second kappa shape index (κ2) is 3.88. The van der Waals surface area contributed by atoms with Crippen LogP contribution in [0.5, 0.6) is 0 Å². The van der Waals surface area contributed by atoms with Crippen LogP contribution < -0.4 is 0 Å². The number of nitrogens with zero attached hydrogens (tertiary/aromatic N) is 1. The molecule has 0 aromatic heterocycles. The molecule has 0 radical (unpaired) electrons. The minimum Gasteiger partial charge on any atom is -0.316 e. The zero-order valence-corrected chi connectivity index (χ0v) is 8.11. The van der Waals surface area contributed by atoms with E-state index >= 15 is 0 Å². The smallest absolute Gasteiger partial charge is 0.0145 e. The molecule has 62 valence electrons.